The van der Waals surface area contributed by atoms with Crippen molar-refractivity contribution in [3.8, 4) is 0 Å². The molecule has 1 heteroatoms. The van der Waals surface area contributed by atoms with Crippen LogP contribution in [0.1, 0.15) is 72.1 Å². The summed E-state index contributed by atoms with van der Waals surface area (Å²) in [4.78, 5) is 0. The monoisotopic (exact) mass is 211 g/mol. The predicted molar refractivity (Wildman–Crippen MR) is 68.2 cm³/mol. The van der Waals surface area contributed by atoms with E-state index in [0.717, 1.165) is 6.04 Å². The second-order valence-electron chi connectivity index (χ2n) is 5.35. The van der Waals surface area contributed by atoms with Gasteiger partial charge in [0.15, 0.2) is 0 Å². The van der Waals surface area contributed by atoms with Gasteiger partial charge in [-0.05, 0) is 44.6 Å². The van der Waals surface area contributed by atoms with Gasteiger partial charge in [-0.15, -0.1) is 0 Å². The minimum absolute atomic E-state index is 0.697. The molecule has 0 aromatic rings. The number of hydrogen-bond acceptors (Lipinski definition) is 1. The number of hydrogen-bond donors (Lipinski definition) is 1. The fraction of sp³-hybridized carbons (Fsp3) is 1.00. The van der Waals surface area contributed by atoms with Gasteiger partial charge in [-0.1, -0.05) is 39.5 Å². The summed E-state index contributed by atoms with van der Waals surface area (Å²) >= 11 is 0. The van der Waals surface area contributed by atoms with E-state index in [2.05, 4.69) is 26.1 Å². The third kappa shape index (κ3) is 4.14. The molecule has 1 unspecified atom stereocenters. The van der Waals surface area contributed by atoms with E-state index in [1.54, 1.807) is 0 Å². The summed E-state index contributed by atoms with van der Waals surface area (Å²) in [6.45, 7) is 8.12. The van der Waals surface area contributed by atoms with Crippen molar-refractivity contribution < 1.29 is 0 Å². The summed E-state index contributed by atoms with van der Waals surface area (Å²) in [6.07, 6.45) is 11.3. The lowest BCUT2D eigenvalue weighted by atomic mass is 9.91. The summed E-state index contributed by atoms with van der Waals surface area (Å²) in [5, 5.41) is 3.68. The number of unbranched alkanes of at least 4 members (excludes halogenated alkanes) is 3. The normalized spacial score (nSPS) is 20.2. The van der Waals surface area contributed by atoms with Crippen LogP contribution in [-0.4, -0.2) is 12.6 Å². The molecule has 90 valence electrons. The fourth-order valence-corrected chi connectivity index (χ4v) is 2.54. The summed E-state index contributed by atoms with van der Waals surface area (Å²) in [5.74, 6) is 0. The molecule has 1 saturated carbocycles. The molecule has 0 spiro atoms. The molecule has 15 heavy (non-hydrogen) atoms. The van der Waals surface area contributed by atoms with E-state index in [9.17, 15) is 0 Å². The van der Waals surface area contributed by atoms with Crippen LogP contribution in [0.2, 0.25) is 0 Å². The zero-order valence-electron chi connectivity index (χ0n) is 10.9. The first-order chi connectivity index (χ1) is 7.25. The van der Waals surface area contributed by atoms with Crippen LogP contribution in [0.3, 0.4) is 0 Å². The molecule has 1 nitrogen and oxygen atoms in total. The molecule has 0 radical (unpaired) electrons. The van der Waals surface area contributed by atoms with E-state index < -0.39 is 0 Å². The molecule has 0 heterocycles. The smallest absolute Gasteiger partial charge is 0.00951 e. The number of nitrogens with one attached hydrogen (secondary N) is 1. The molecule has 0 aliphatic heterocycles. The molecule has 1 atom stereocenters. The summed E-state index contributed by atoms with van der Waals surface area (Å²) in [7, 11) is 0. The zero-order valence-corrected chi connectivity index (χ0v) is 10.9. The zero-order chi connectivity index (χ0) is 11.1. The maximum absolute atomic E-state index is 3.68. The van der Waals surface area contributed by atoms with Crippen molar-refractivity contribution in [2.24, 2.45) is 5.41 Å². The Labute approximate surface area is 96.0 Å². The van der Waals surface area contributed by atoms with Gasteiger partial charge < -0.3 is 5.32 Å². The molecule has 1 fully saturated rings. The van der Waals surface area contributed by atoms with Gasteiger partial charge in [0.2, 0.25) is 0 Å². The third-order valence-electron chi connectivity index (χ3n) is 4.04. The van der Waals surface area contributed by atoms with E-state index in [1.807, 2.05) is 0 Å². The van der Waals surface area contributed by atoms with Crippen molar-refractivity contribution >= 4 is 0 Å². The molecule has 0 amide bonds. The highest BCUT2D eigenvalue weighted by Gasteiger charge is 2.45. The van der Waals surface area contributed by atoms with E-state index >= 15 is 0 Å². The Morgan fingerprint density at radius 2 is 1.80 bits per heavy atom. The molecule has 0 bridgehead atoms. The lowest BCUT2D eigenvalue weighted by Crippen LogP contribution is -2.35. The highest BCUT2D eigenvalue weighted by Crippen LogP contribution is 2.52. The summed E-state index contributed by atoms with van der Waals surface area (Å²) < 4.78 is 0. The molecule has 1 rings (SSSR count). The van der Waals surface area contributed by atoms with Crippen LogP contribution in [0.25, 0.3) is 0 Å². The predicted octanol–water partition coefficient (Wildman–Crippen LogP) is 4.13. The largest absolute Gasteiger partial charge is 0.314 e. The molecule has 1 N–H and O–H groups in total. The molecule has 0 aromatic heterocycles. The van der Waals surface area contributed by atoms with Crippen LogP contribution in [0, 0.1) is 5.41 Å². The van der Waals surface area contributed by atoms with Crippen molar-refractivity contribution in [3.63, 3.8) is 0 Å². The van der Waals surface area contributed by atoms with Gasteiger partial charge in [0.1, 0.15) is 0 Å². The van der Waals surface area contributed by atoms with Gasteiger partial charge in [-0.25, -0.2) is 0 Å². The molecular weight excluding hydrogens is 182 g/mol. The van der Waals surface area contributed by atoms with Crippen molar-refractivity contribution in [1.82, 2.24) is 5.32 Å². The summed E-state index contributed by atoms with van der Waals surface area (Å²) in [5.41, 5.74) is 0.697. The van der Waals surface area contributed by atoms with E-state index in [4.69, 9.17) is 0 Å². The van der Waals surface area contributed by atoms with E-state index in [0.29, 0.717) is 5.41 Å². The Morgan fingerprint density at radius 1 is 1.07 bits per heavy atom. The van der Waals surface area contributed by atoms with Crippen molar-refractivity contribution in [2.75, 3.05) is 6.54 Å². The Bertz CT molecular complexity index is 161. The molecule has 1 aliphatic rings. The Morgan fingerprint density at radius 3 is 2.33 bits per heavy atom. The van der Waals surface area contributed by atoms with Crippen LogP contribution in [0.15, 0.2) is 0 Å². The van der Waals surface area contributed by atoms with Crippen molar-refractivity contribution in [3.05, 3.63) is 0 Å². The maximum Gasteiger partial charge on any atom is 0.00951 e. The third-order valence-corrected chi connectivity index (χ3v) is 4.04. The van der Waals surface area contributed by atoms with Crippen LogP contribution in [0.4, 0.5) is 0 Å². The Balaban J connectivity index is 2.14. The SMILES string of the molecule is CCCCCCC1(C(C)NCCC)CC1. The van der Waals surface area contributed by atoms with Crippen LogP contribution >= 0.6 is 0 Å². The van der Waals surface area contributed by atoms with Gasteiger partial charge in [0, 0.05) is 6.04 Å². The lowest BCUT2D eigenvalue weighted by Gasteiger charge is -2.24. The lowest BCUT2D eigenvalue weighted by molar-refractivity contribution is 0.319. The highest BCUT2D eigenvalue weighted by atomic mass is 14.9. The van der Waals surface area contributed by atoms with Crippen LogP contribution in [-0.2, 0) is 0 Å². The second kappa shape index (κ2) is 6.52. The van der Waals surface area contributed by atoms with Crippen LogP contribution in [0.5, 0.6) is 0 Å². The van der Waals surface area contributed by atoms with Gasteiger partial charge in [0.05, 0.1) is 0 Å². The van der Waals surface area contributed by atoms with Crippen LogP contribution < -0.4 is 5.32 Å². The first kappa shape index (κ1) is 13.0. The van der Waals surface area contributed by atoms with Crippen molar-refractivity contribution in [2.45, 2.75) is 78.2 Å². The van der Waals surface area contributed by atoms with E-state index in [-0.39, 0.29) is 0 Å². The highest BCUT2D eigenvalue weighted by molar-refractivity contribution is 4.99. The van der Waals surface area contributed by atoms with Gasteiger partial charge in [-0.2, -0.15) is 0 Å². The Hall–Kier alpha value is -0.0400. The Kier molecular flexibility index (Phi) is 5.66. The minimum atomic E-state index is 0.697. The van der Waals surface area contributed by atoms with E-state index in [1.165, 1.54) is 57.9 Å². The molecule has 0 saturated heterocycles. The second-order valence-corrected chi connectivity index (χ2v) is 5.35. The first-order valence-corrected chi connectivity index (χ1v) is 6.98. The van der Waals surface area contributed by atoms with Crippen molar-refractivity contribution in [1.29, 1.82) is 0 Å². The number of rotatable bonds is 9. The molecular formula is C14H29N. The van der Waals surface area contributed by atoms with Gasteiger partial charge in [0.25, 0.3) is 0 Å². The summed E-state index contributed by atoms with van der Waals surface area (Å²) in [6, 6.07) is 0.749. The van der Waals surface area contributed by atoms with Gasteiger partial charge in [-0.3, -0.25) is 0 Å². The average Bonchev–Trinajstić information content (AvgIpc) is 3.02. The van der Waals surface area contributed by atoms with Gasteiger partial charge >= 0.3 is 0 Å². The fourth-order valence-electron chi connectivity index (χ4n) is 2.54. The standard InChI is InChI=1S/C14H29N/c1-4-6-7-8-9-14(10-11-14)13(3)15-12-5-2/h13,15H,4-12H2,1-3H3. The molecule has 1 aliphatic carbocycles. The first-order valence-electron chi connectivity index (χ1n) is 6.98. The minimum Gasteiger partial charge on any atom is -0.314 e. The topological polar surface area (TPSA) is 12.0 Å². The quantitative estimate of drug-likeness (QED) is 0.566. The maximum atomic E-state index is 3.68. The molecule has 0 aromatic carbocycles. The average molecular weight is 211 g/mol.